The van der Waals surface area contributed by atoms with Crippen molar-refractivity contribution in [3.8, 4) is 0 Å². The number of nitrogens with two attached hydrogens (primary N) is 1. The third-order valence-corrected chi connectivity index (χ3v) is 5.86. The van der Waals surface area contributed by atoms with Crippen LogP contribution in [0.2, 0.25) is 0 Å². The Labute approximate surface area is 127 Å². The molecule has 8 heteroatoms. The van der Waals surface area contributed by atoms with Crippen LogP contribution in [0, 0.1) is 5.92 Å². The van der Waals surface area contributed by atoms with E-state index in [1.165, 1.54) is 4.31 Å². The molecule has 0 aromatic rings. The molecule has 1 aliphatic rings. The van der Waals surface area contributed by atoms with E-state index >= 15 is 0 Å². The van der Waals surface area contributed by atoms with E-state index in [9.17, 15) is 13.2 Å². The van der Waals surface area contributed by atoms with Gasteiger partial charge in [-0.05, 0) is 18.8 Å². The Balaban J connectivity index is 2.39. The van der Waals surface area contributed by atoms with Crippen LogP contribution >= 0.6 is 0 Å². The highest BCUT2D eigenvalue weighted by Crippen LogP contribution is 2.17. The lowest BCUT2D eigenvalue weighted by molar-refractivity contribution is -0.124. The van der Waals surface area contributed by atoms with Gasteiger partial charge in [-0.1, -0.05) is 13.8 Å². The highest BCUT2D eigenvalue weighted by molar-refractivity contribution is 7.89. The number of rotatable bonds is 8. The molecule has 0 bridgehead atoms. The van der Waals surface area contributed by atoms with Crippen LogP contribution in [0.3, 0.4) is 0 Å². The molecule has 0 aliphatic carbocycles. The summed E-state index contributed by atoms with van der Waals surface area (Å²) in [6.45, 7) is 5.81. The van der Waals surface area contributed by atoms with Gasteiger partial charge in [-0.3, -0.25) is 4.79 Å². The van der Waals surface area contributed by atoms with Crippen LogP contribution in [-0.4, -0.2) is 63.3 Å². The number of hydrogen-bond donors (Lipinski definition) is 2. The Morgan fingerprint density at radius 3 is 2.43 bits per heavy atom. The van der Waals surface area contributed by atoms with Gasteiger partial charge in [-0.25, -0.2) is 12.7 Å². The van der Waals surface area contributed by atoms with Crippen molar-refractivity contribution in [3.05, 3.63) is 0 Å². The number of carbonyl (C=O) groups excluding carboxylic acids is 1. The van der Waals surface area contributed by atoms with E-state index in [1.807, 2.05) is 0 Å². The highest BCUT2D eigenvalue weighted by Gasteiger charge is 2.27. The number of nitrogens with zero attached hydrogens (tertiary/aromatic N) is 1. The van der Waals surface area contributed by atoms with Gasteiger partial charge in [-0.15, -0.1) is 0 Å². The predicted molar refractivity (Wildman–Crippen MR) is 81.2 cm³/mol. The first-order valence-corrected chi connectivity index (χ1v) is 9.12. The number of sulfonamides is 1. The predicted octanol–water partition coefficient (Wildman–Crippen LogP) is -0.472. The van der Waals surface area contributed by atoms with Gasteiger partial charge in [0.25, 0.3) is 0 Å². The molecule has 0 aromatic heterocycles. The second-order valence-electron chi connectivity index (χ2n) is 5.17. The lowest BCUT2D eigenvalue weighted by Gasteiger charge is -2.26. The molecule has 21 heavy (non-hydrogen) atoms. The molecule has 1 atom stereocenters. The molecule has 1 unspecified atom stereocenters. The first-order valence-electron chi connectivity index (χ1n) is 7.51. The third kappa shape index (κ3) is 5.54. The number of hydrogen-bond acceptors (Lipinski definition) is 5. The van der Waals surface area contributed by atoms with E-state index in [2.05, 4.69) is 5.32 Å². The fourth-order valence-corrected chi connectivity index (χ4v) is 3.86. The van der Waals surface area contributed by atoms with Gasteiger partial charge in [0.05, 0.1) is 11.8 Å². The maximum absolute atomic E-state index is 12.0. The van der Waals surface area contributed by atoms with Crippen LogP contribution in [0.5, 0.6) is 0 Å². The molecular formula is C13H27N3O4S. The molecule has 0 aromatic carbocycles. The van der Waals surface area contributed by atoms with Gasteiger partial charge in [0.1, 0.15) is 0 Å². The zero-order valence-electron chi connectivity index (χ0n) is 12.9. The van der Waals surface area contributed by atoms with Crippen LogP contribution in [-0.2, 0) is 19.6 Å². The summed E-state index contributed by atoms with van der Waals surface area (Å²) in [7, 11) is -3.31. The summed E-state index contributed by atoms with van der Waals surface area (Å²) in [4.78, 5) is 12.0. The largest absolute Gasteiger partial charge is 0.381 e. The molecule has 0 radical (unpaired) electrons. The van der Waals surface area contributed by atoms with Crippen LogP contribution in [0.1, 0.15) is 26.7 Å². The maximum atomic E-state index is 12.0. The first-order chi connectivity index (χ1) is 9.92. The van der Waals surface area contributed by atoms with Crippen LogP contribution in [0.15, 0.2) is 0 Å². The minimum atomic E-state index is -3.31. The fourth-order valence-electron chi connectivity index (χ4n) is 2.46. The summed E-state index contributed by atoms with van der Waals surface area (Å²) in [5, 5.41) is 2.63. The Morgan fingerprint density at radius 1 is 1.33 bits per heavy atom. The summed E-state index contributed by atoms with van der Waals surface area (Å²) in [6, 6.07) is -0.593. The standard InChI is InChI=1S/C13H27N3O4S/c1-3-16(4-2)21(18,19)10-7-15-13(17)12(14)11-5-8-20-9-6-11/h11-12H,3-10,14H2,1-2H3,(H,15,17). The molecule has 1 heterocycles. The van der Waals surface area contributed by atoms with E-state index in [1.54, 1.807) is 13.8 Å². The molecule has 124 valence electrons. The normalized spacial score (nSPS) is 18.7. The summed E-state index contributed by atoms with van der Waals surface area (Å²) < 4.78 is 30.6. The number of ether oxygens (including phenoxy) is 1. The van der Waals surface area contributed by atoms with Crippen LogP contribution in [0.25, 0.3) is 0 Å². The third-order valence-electron chi connectivity index (χ3n) is 3.83. The van der Waals surface area contributed by atoms with Crippen molar-refractivity contribution in [2.45, 2.75) is 32.7 Å². The minimum Gasteiger partial charge on any atom is -0.381 e. The lowest BCUT2D eigenvalue weighted by atomic mass is 9.92. The molecule has 1 fully saturated rings. The SMILES string of the molecule is CCN(CC)S(=O)(=O)CCNC(=O)C(N)C1CCOCC1. The van der Waals surface area contributed by atoms with Gasteiger partial charge < -0.3 is 15.8 Å². The molecule has 3 N–H and O–H groups in total. The maximum Gasteiger partial charge on any atom is 0.237 e. The Bertz CT molecular complexity index is 417. The molecule has 1 saturated heterocycles. The summed E-state index contributed by atoms with van der Waals surface area (Å²) in [5.74, 6) is -0.268. The molecule has 0 spiro atoms. The zero-order chi connectivity index (χ0) is 15.9. The second-order valence-corrected chi connectivity index (χ2v) is 7.26. The second kappa shape index (κ2) is 8.67. The monoisotopic (exact) mass is 321 g/mol. The topological polar surface area (TPSA) is 102 Å². The number of amides is 1. The van der Waals surface area contributed by atoms with E-state index in [-0.39, 0.29) is 24.1 Å². The number of carbonyl (C=O) groups is 1. The number of nitrogens with one attached hydrogen (secondary N) is 1. The molecule has 1 amide bonds. The first kappa shape index (κ1) is 18.3. The van der Waals surface area contributed by atoms with Gasteiger partial charge >= 0.3 is 0 Å². The van der Waals surface area contributed by atoms with Crippen molar-refractivity contribution in [2.24, 2.45) is 11.7 Å². The Morgan fingerprint density at radius 2 is 1.90 bits per heavy atom. The average Bonchev–Trinajstić information content (AvgIpc) is 2.48. The Hall–Kier alpha value is -0.700. The molecule has 1 rings (SSSR count). The summed E-state index contributed by atoms with van der Waals surface area (Å²) in [5.41, 5.74) is 5.93. The van der Waals surface area contributed by atoms with Gasteiger partial charge in [-0.2, -0.15) is 0 Å². The minimum absolute atomic E-state index is 0.0919. The van der Waals surface area contributed by atoms with Crippen LogP contribution in [0.4, 0.5) is 0 Å². The molecule has 1 aliphatic heterocycles. The molecular weight excluding hydrogens is 294 g/mol. The summed E-state index contributed by atoms with van der Waals surface area (Å²) in [6.07, 6.45) is 1.54. The van der Waals surface area contributed by atoms with E-state index < -0.39 is 16.1 Å². The smallest absolute Gasteiger partial charge is 0.237 e. The fraction of sp³-hybridized carbons (Fsp3) is 0.923. The van der Waals surface area contributed by atoms with E-state index in [4.69, 9.17) is 10.5 Å². The van der Waals surface area contributed by atoms with Crippen molar-refractivity contribution in [1.82, 2.24) is 9.62 Å². The van der Waals surface area contributed by atoms with Crippen molar-refractivity contribution in [3.63, 3.8) is 0 Å². The lowest BCUT2D eigenvalue weighted by Crippen LogP contribution is -2.48. The van der Waals surface area contributed by atoms with Crippen molar-refractivity contribution < 1.29 is 17.9 Å². The average molecular weight is 321 g/mol. The van der Waals surface area contributed by atoms with Crippen LogP contribution < -0.4 is 11.1 Å². The van der Waals surface area contributed by atoms with E-state index in [0.717, 1.165) is 12.8 Å². The van der Waals surface area contributed by atoms with Gasteiger partial charge in [0, 0.05) is 32.8 Å². The Kier molecular flexibility index (Phi) is 7.58. The van der Waals surface area contributed by atoms with Crippen molar-refractivity contribution in [2.75, 3.05) is 38.6 Å². The van der Waals surface area contributed by atoms with E-state index in [0.29, 0.717) is 26.3 Å². The van der Waals surface area contributed by atoms with Gasteiger partial charge in [0.2, 0.25) is 15.9 Å². The quantitative estimate of drug-likeness (QED) is 0.629. The van der Waals surface area contributed by atoms with Crippen molar-refractivity contribution >= 4 is 15.9 Å². The van der Waals surface area contributed by atoms with Gasteiger partial charge in [0.15, 0.2) is 0 Å². The zero-order valence-corrected chi connectivity index (χ0v) is 13.7. The summed E-state index contributed by atoms with van der Waals surface area (Å²) >= 11 is 0. The van der Waals surface area contributed by atoms with Crippen molar-refractivity contribution in [1.29, 1.82) is 0 Å². The molecule has 7 nitrogen and oxygen atoms in total. The molecule has 0 saturated carbocycles. The highest BCUT2D eigenvalue weighted by atomic mass is 32.2.